The fourth-order valence-electron chi connectivity index (χ4n) is 4.21. The van der Waals surface area contributed by atoms with Crippen molar-refractivity contribution >= 4 is 16.9 Å². The standard InChI is InChI=1S/C29H33N3O2/c1-22-12-6-9-17-27(22)34-21-11-10-20-32-26-16-8-7-15-25(26)31-29(32)23(2)30-28(33)19-18-24-13-4-3-5-14-24/h3-9,12-17,23H,10-11,18-21H2,1-2H3,(H,30,33). The van der Waals surface area contributed by atoms with Crippen LogP contribution in [0.15, 0.2) is 78.9 Å². The lowest BCUT2D eigenvalue weighted by Crippen LogP contribution is -2.29. The maximum absolute atomic E-state index is 12.6. The van der Waals surface area contributed by atoms with Crippen LogP contribution in [0, 0.1) is 6.92 Å². The lowest BCUT2D eigenvalue weighted by molar-refractivity contribution is -0.121. The summed E-state index contributed by atoms with van der Waals surface area (Å²) in [5.41, 5.74) is 4.38. The zero-order chi connectivity index (χ0) is 23.8. The lowest BCUT2D eigenvalue weighted by Gasteiger charge is -2.17. The normalized spacial score (nSPS) is 11.9. The van der Waals surface area contributed by atoms with Crippen molar-refractivity contribution in [1.29, 1.82) is 0 Å². The summed E-state index contributed by atoms with van der Waals surface area (Å²) in [6, 6.07) is 26.2. The van der Waals surface area contributed by atoms with Gasteiger partial charge in [0, 0.05) is 13.0 Å². The number of rotatable bonds is 11. The van der Waals surface area contributed by atoms with Crippen LogP contribution in [0.3, 0.4) is 0 Å². The summed E-state index contributed by atoms with van der Waals surface area (Å²) in [6.07, 6.45) is 3.10. The average molecular weight is 456 g/mol. The summed E-state index contributed by atoms with van der Waals surface area (Å²) >= 11 is 0. The van der Waals surface area contributed by atoms with Crippen molar-refractivity contribution in [2.75, 3.05) is 6.61 Å². The van der Waals surface area contributed by atoms with Gasteiger partial charge < -0.3 is 14.6 Å². The van der Waals surface area contributed by atoms with Crippen molar-refractivity contribution in [3.8, 4) is 5.75 Å². The first-order chi connectivity index (χ1) is 16.6. The maximum atomic E-state index is 12.6. The van der Waals surface area contributed by atoms with Crippen molar-refractivity contribution in [2.45, 2.75) is 52.1 Å². The fourth-order valence-corrected chi connectivity index (χ4v) is 4.21. The molecule has 0 aliphatic carbocycles. The Morgan fingerprint density at radius 1 is 0.971 bits per heavy atom. The molecule has 0 saturated heterocycles. The summed E-state index contributed by atoms with van der Waals surface area (Å²) in [5.74, 6) is 1.89. The van der Waals surface area contributed by atoms with Gasteiger partial charge in [0.05, 0.1) is 23.7 Å². The summed E-state index contributed by atoms with van der Waals surface area (Å²) in [7, 11) is 0. The molecule has 176 valence electrons. The molecule has 1 heterocycles. The molecule has 34 heavy (non-hydrogen) atoms. The lowest BCUT2D eigenvalue weighted by atomic mass is 10.1. The predicted molar refractivity (Wildman–Crippen MR) is 137 cm³/mol. The van der Waals surface area contributed by atoms with Crippen LogP contribution < -0.4 is 10.1 Å². The van der Waals surface area contributed by atoms with Crippen LogP contribution >= 0.6 is 0 Å². The van der Waals surface area contributed by atoms with Crippen LogP contribution in [0.25, 0.3) is 11.0 Å². The SMILES string of the molecule is Cc1ccccc1OCCCCn1c(C(C)NC(=O)CCc2ccccc2)nc2ccccc21. The number of fused-ring (bicyclic) bond motifs is 1. The molecule has 0 aliphatic rings. The van der Waals surface area contributed by atoms with E-state index in [-0.39, 0.29) is 11.9 Å². The van der Waals surface area contributed by atoms with E-state index in [4.69, 9.17) is 9.72 Å². The van der Waals surface area contributed by atoms with E-state index in [1.807, 2.05) is 61.5 Å². The molecule has 0 aliphatic heterocycles. The van der Waals surface area contributed by atoms with Gasteiger partial charge in [0.2, 0.25) is 5.91 Å². The molecule has 1 N–H and O–H groups in total. The Labute approximate surface area is 201 Å². The molecule has 0 spiro atoms. The molecular weight excluding hydrogens is 422 g/mol. The van der Waals surface area contributed by atoms with Gasteiger partial charge in [-0.25, -0.2) is 4.98 Å². The third-order valence-electron chi connectivity index (χ3n) is 6.06. The molecule has 4 aromatic rings. The molecule has 1 atom stereocenters. The molecular formula is C29H33N3O2. The van der Waals surface area contributed by atoms with E-state index >= 15 is 0 Å². The number of carbonyl (C=O) groups is 1. The first-order valence-electron chi connectivity index (χ1n) is 12.1. The Hall–Kier alpha value is -3.60. The Balaban J connectivity index is 1.36. The number of imidazole rings is 1. The highest BCUT2D eigenvalue weighted by Gasteiger charge is 2.18. The number of hydrogen-bond donors (Lipinski definition) is 1. The monoisotopic (exact) mass is 455 g/mol. The van der Waals surface area contributed by atoms with Crippen molar-refractivity contribution in [3.63, 3.8) is 0 Å². The molecule has 0 fully saturated rings. The zero-order valence-corrected chi connectivity index (χ0v) is 20.0. The molecule has 1 aromatic heterocycles. The van der Waals surface area contributed by atoms with Gasteiger partial charge in [-0.1, -0.05) is 60.7 Å². The molecule has 1 amide bonds. The van der Waals surface area contributed by atoms with Gasteiger partial charge in [-0.05, 0) is 62.4 Å². The number of aromatic nitrogens is 2. The van der Waals surface area contributed by atoms with Gasteiger partial charge in [0.25, 0.3) is 0 Å². The smallest absolute Gasteiger partial charge is 0.220 e. The van der Waals surface area contributed by atoms with Crippen molar-refractivity contribution in [1.82, 2.24) is 14.9 Å². The number of ether oxygens (including phenoxy) is 1. The van der Waals surface area contributed by atoms with Gasteiger partial charge in [-0.3, -0.25) is 4.79 Å². The Morgan fingerprint density at radius 3 is 2.53 bits per heavy atom. The minimum atomic E-state index is -0.168. The van der Waals surface area contributed by atoms with Crippen LogP contribution in [0.1, 0.15) is 49.2 Å². The van der Waals surface area contributed by atoms with Crippen molar-refractivity contribution in [3.05, 3.63) is 95.8 Å². The molecule has 3 aromatic carbocycles. The molecule has 4 rings (SSSR count). The first-order valence-corrected chi connectivity index (χ1v) is 12.1. The van der Waals surface area contributed by atoms with Crippen LogP contribution in [-0.4, -0.2) is 22.1 Å². The molecule has 5 heteroatoms. The van der Waals surface area contributed by atoms with Crippen LogP contribution in [0.2, 0.25) is 0 Å². The van der Waals surface area contributed by atoms with E-state index in [2.05, 4.69) is 41.1 Å². The molecule has 1 unspecified atom stereocenters. The van der Waals surface area contributed by atoms with E-state index in [0.717, 1.165) is 54.0 Å². The topological polar surface area (TPSA) is 56.1 Å². The third-order valence-corrected chi connectivity index (χ3v) is 6.06. The fraction of sp³-hybridized carbons (Fsp3) is 0.310. The summed E-state index contributed by atoms with van der Waals surface area (Å²) in [5, 5.41) is 3.15. The van der Waals surface area contributed by atoms with E-state index < -0.39 is 0 Å². The molecule has 5 nitrogen and oxygen atoms in total. The number of amides is 1. The number of unbranched alkanes of at least 4 members (excludes halogenated alkanes) is 1. The van der Waals surface area contributed by atoms with Crippen molar-refractivity contribution in [2.24, 2.45) is 0 Å². The number of benzene rings is 3. The molecule has 0 radical (unpaired) electrons. The number of nitrogens with one attached hydrogen (secondary N) is 1. The van der Waals surface area contributed by atoms with Gasteiger partial charge >= 0.3 is 0 Å². The van der Waals surface area contributed by atoms with E-state index in [9.17, 15) is 4.79 Å². The van der Waals surface area contributed by atoms with Gasteiger partial charge in [-0.15, -0.1) is 0 Å². The minimum absolute atomic E-state index is 0.0431. The number of aryl methyl sites for hydroxylation is 3. The highest BCUT2D eigenvalue weighted by molar-refractivity contribution is 5.78. The van der Waals surface area contributed by atoms with Gasteiger partial charge in [0.15, 0.2) is 0 Å². The first kappa shape index (κ1) is 23.6. The Bertz CT molecular complexity index is 1220. The highest BCUT2D eigenvalue weighted by atomic mass is 16.5. The number of carbonyl (C=O) groups excluding carboxylic acids is 1. The quantitative estimate of drug-likeness (QED) is 0.282. The summed E-state index contributed by atoms with van der Waals surface area (Å²) < 4.78 is 8.20. The van der Waals surface area contributed by atoms with Crippen LogP contribution in [0.4, 0.5) is 0 Å². The predicted octanol–water partition coefficient (Wildman–Crippen LogP) is 6.01. The van der Waals surface area contributed by atoms with E-state index in [0.29, 0.717) is 13.0 Å². The molecule has 0 bridgehead atoms. The Kier molecular flexibility index (Phi) is 7.97. The summed E-state index contributed by atoms with van der Waals surface area (Å²) in [4.78, 5) is 17.5. The van der Waals surface area contributed by atoms with Gasteiger partial charge in [0.1, 0.15) is 11.6 Å². The minimum Gasteiger partial charge on any atom is -0.493 e. The second-order valence-corrected chi connectivity index (χ2v) is 8.71. The second-order valence-electron chi connectivity index (χ2n) is 8.71. The van der Waals surface area contributed by atoms with Crippen LogP contribution in [0.5, 0.6) is 5.75 Å². The maximum Gasteiger partial charge on any atom is 0.220 e. The van der Waals surface area contributed by atoms with Crippen molar-refractivity contribution < 1.29 is 9.53 Å². The van der Waals surface area contributed by atoms with Crippen LogP contribution in [-0.2, 0) is 17.8 Å². The van der Waals surface area contributed by atoms with E-state index in [1.165, 1.54) is 5.56 Å². The summed E-state index contributed by atoms with van der Waals surface area (Å²) in [6.45, 7) is 5.59. The number of para-hydroxylation sites is 3. The van der Waals surface area contributed by atoms with E-state index in [1.54, 1.807) is 0 Å². The highest BCUT2D eigenvalue weighted by Crippen LogP contribution is 2.22. The third kappa shape index (κ3) is 6.04. The number of nitrogens with zero attached hydrogens (tertiary/aromatic N) is 2. The molecule has 0 saturated carbocycles. The second kappa shape index (κ2) is 11.5. The Morgan fingerprint density at radius 2 is 1.71 bits per heavy atom. The zero-order valence-electron chi connectivity index (χ0n) is 20.0. The number of hydrogen-bond acceptors (Lipinski definition) is 3. The average Bonchev–Trinajstić information content (AvgIpc) is 3.23. The van der Waals surface area contributed by atoms with Gasteiger partial charge in [-0.2, -0.15) is 0 Å². The largest absolute Gasteiger partial charge is 0.493 e.